The molecule has 3 atom stereocenters. The molecular formula is C16H24N2O2S. The van der Waals surface area contributed by atoms with Crippen LogP contribution in [0.1, 0.15) is 31.9 Å². The lowest BCUT2D eigenvalue weighted by Crippen LogP contribution is -2.51. The third kappa shape index (κ3) is 3.15. The van der Waals surface area contributed by atoms with Gasteiger partial charge in [-0.3, -0.25) is 9.69 Å². The van der Waals surface area contributed by atoms with Gasteiger partial charge in [-0.05, 0) is 42.7 Å². The number of ether oxygens (including phenoxy) is 1. The van der Waals surface area contributed by atoms with E-state index in [1.807, 2.05) is 11.8 Å². The molecule has 116 valence electrons. The van der Waals surface area contributed by atoms with Crippen molar-refractivity contribution >= 4 is 17.2 Å². The number of nitrogens with zero attached hydrogens (tertiary/aromatic N) is 2. The van der Waals surface area contributed by atoms with Crippen molar-refractivity contribution in [3.8, 4) is 0 Å². The maximum Gasteiger partial charge on any atom is 0.228 e. The van der Waals surface area contributed by atoms with E-state index in [0.29, 0.717) is 11.9 Å². The SMILES string of the molecule is C[C@@H]1OCC[C@H]1C(=O)N1CCN([C@H](C)c2ccsc2)CC1. The Morgan fingerprint density at radius 3 is 2.71 bits per heavy atom. The Morgan fingerprint density at radius 1 is 1.38 bits per heavy atom. The molecule has 5 heteroatoms. The van der Waals surface area contributed by atoms with E-state index >= 15 is 0 Å². The molecule has 3 heterocycles. The van der Waals surface area contributed by atoms with Crippen LogP contribution in [0.4, 0.5) is 0 Å². The third-order valence-electron chi connectivity index (χ3n) is 4.89. The molecule has 21 heavy (non-hydrogen) atoms. The molecule has 1 amide bonds. The first-order valence-electron chi connectivity index (χ1n) is 7.83. The molecule has 0 N–H and O–H groups in total. The van der Waals surface area contributed by atoms with Crippen molar-refractivity contribution in [2.45, 2.75) is 32.4 Å². The minimum atomic E-state index is 0.0749. The van der Waals surface area contributed by atoms with Crippen LogP contribution in [0.3, 0.4) is 0 Å². The van der Waals surface area contributed by atoms with Crippen molar-refractivity contribution in [3.63, 3.8) is 0 Å². The topological polar surface area (TPSA) is 32.8 Å². The zero-order chi connectivity index (χ0) is 14.8. The van der Waals surface area contributed by atoms with Gasteiger partial charge in [0.2, 0.25) is 5.91 Å². The van der Waals surface area contributed by atoms with Crippen LogP contribution in [-0.4, -0.2) is 54.6 Å². The summed E-state index contributed by atoms with van der Waals surface area (Å²) < 4.78 is 5.53. The van der Waals surface area contributed by atoms with Crippen LogP contribution < -0.4 is 0 Å². The first-order valence-corrected chi connectivity index (χ1v) is 8.77. The molecular weight excluding hydrogens is 284 g/mol. The van der Waals surface area contributed by atoms with Crippen LogP contribution in [0.5, 0.6) is 0 Å². The molecule has 4 nitrogen and oxygen atoms in total. The maximum absolute atomic E-state index is 12.5. The molecule has 3 rings (SSSR count). The molecule has 1 aromatic rings. The van der Waals surface area contributed by atoms with Gasteiger partial charge >= 0.3 is 0 Å². The van der Waals surface area contributed by atoms with Gasteiger partial charge < -0.3 is 9.64 Å². The first-order chi connectivity index (χ1) is 10.2. The lowest BCUT2D eigenvalue weighted by molar-refractivity contribution is -0.139. The van der Waals surface area contributed by atoms with Crippen molar-refractivity contribution in [1.29, 1.82) is 0 Å². The summed E-state index contributed by atoms with van der Waals surface area (Å²) in [6.45, 7) is 8.62. The summed E-state index contributed by atoms with van der Waals surface area (Å²) in [5.74, 6) is 0.369. The second-order valence-electron chi connectivity index (χ2n) is 6.06. The molecule has 0 aromatic carbocycles. The zero-order valence-corrected chi connectivity index (χ0v) is 13.6. The molecule has 0 bridgehead atoms. The van der Waals surface area contributed by atoms with Gasteiger partial charge in [0.05, 0.1) is 12.0 Å². The highest BCUT2D eigenvalue weighted by Crippen LogP contribution is 2.26. The van der Waals surface area contributed by atoms with Crippen molar-refractivity contribution in [2.75, 3.05) is 32.8 Å². The number of amides is 1. The van der Waals surface area contributed by atoms with Crippen molar-refractivity contribution in [1.82, 2.24) is 9.80 Å². The fourth-order valence-corrected chi connectivity index (χ4v) is 4.09. The molecule has 0 aliphatic carbocycles. The van der Waals surface area contributed by atoms with E-state index in [2.05, 4.69) is 28.7 Å². The Labute approximate surface area is 130 Å². The third-order valence-corrected chi connectivity index (χ3v) is 5.59. The van der Waals surface area contributed by atoms with Crippen LogP contribution in [0.15, 0.2) is 16.8 Å². The van der Waals surface area contributed by atoms with E-state index in [1.54, 1.807) is 11.3 Å². The summed E-state index contributed by atoms with van der Waals surface area (Å²) in [6.07, 6.45) is 0.964. The Kier molecular flexibility index (Phi) is 4.62. The van der Waals surface area contributed by atoms with E-state index in [4.69, 9.17) is 4.74 Å². The molecule has 1 aromatic heterocycles. The number of rotatable bonds is 3. The Bertz CT molecular complexity index is 469. The molecule has 0 spiro atoms. The number of hydrogen-bond donors (Lipinski definition) is 0. The predicted octanol–water partition coefficient (Wildman–Crippen LogP) is 2.38. The van der Waals surface area contributed by atoms with E-state index in [1.165, 1.54) is 5.56 Å². The Morgan fingerprint density at radius 2 is 2.14 bits per heavy atom. The number of carbonyl (C=O) groups excluding carboxylic acids is 1. The van der Waals surface area contributed by atoms with Crippen LogP contribution in [0.25, 0.3) is 0 Å². The maximum atomic E-state index is 12.5. The molecule has 0 radical (unpaired) electrons. The quantitative estimate of drug-likeness (QED) is 0.859. The molecule has 2 fully saturated rings. The standard InChI is InChI=1S/C16H24N2O2S/c1-12(14-4-10-21-11-14)17-5-7-18(8-6-17)16(19)15-3-9-20-13(15)2/h4,10-13,15H,3,5-9H2,1-2H3/t12-,13+,15-/m1/s1. The Balaban J connectivity index is 1.54. The first kappa shape index (κ1) is 15.0. The summed E-state index contributed by atoms with van der Waals surface area (Å²) in [4.78, 5) is 17.1. The lowest BCUT2D eigenvalue weighted by Gasteiger charge is -2.39. The van der Waals surface area contributed by atoms with E-state index < -0.39 is 0 Å². The van der Waals surface area contributed by atoms with E-state index in [9.17, 15) is 4.79 Å². The number of thiophene rings is 1. The molecule has 0 unspecified atom stereocenters. The fraction of sp³-hybridized carbons (Fsp3) is 0.688. The fourth-order valence-electron chi connectivity index (χ4n) is 3.34. The van der Waals surface area contributed by atoms with Crippen LogP contribution >= 0.6 is 11.3 Å². The summed E-state index contributed by atoms with van der Waals surface area (Å²) in [6, 6.07) is 2.65. The van der Waals surface area contributed by atoms with Crippen LogP contribution in [0.2, 0.25) is 0 Å². The summed E-state index contributed by atoms with van der Waals surface area (Å²) in [5.41, 5.74) is 1.39. The molecule has 2 saturated heterocycles. The normalized spacial score (nSPS) is 28.8. The van der Waals surface area contributed by atoms with Gasteiger partial charge in [0, 0.05) is 38.8 Å². The van der Waals surface area contributed by atoms with E-state index in [-0.39, 0.29) is 12.0 Å². The highest BCUT2D eigenvalue weighted by molar-refractivity contribution is 7.07. The highest BCUT2D eigenvalue weighted by Gasteiger charge is 2.35. The minimum absolute atomic E-state index is 0.0749. The van der Waals surface area contributed by atoms with Crippen LogP contribution in [-0.2, 0) is 9.53 Å². The van der Waals surface area contributed by atoms with E-state index in [0.717, 1.165) is 39.2 Å². The van der Waals surface area contributed by atoms with Crippen LogP contribution in [0, 0.1) is 5.92 Å². The van der Waals surface area contributed by atoms with Gasteiger partial charge in [0.15, 0.2) is 0 Å². The van der Waals surface area contributed by atoms with Gasteiger partial charge in [-0.15, -0.1) is 0 Å². The second kappa shape index (κ2) is 6.46. The lowest BCUT2D eigenvalue weighted by atomic mass is 10.0. The second-order valence-corrected chi connectivity index (χ2v) is 6.85. The number of hydrogen-bond acceptors (Lipinski definition) is 4. The number of carbonyl (C=O) groups is 1. The Hall–Kier alpha value is -0.910. The minimum Gasteiger partial charge on any atom is -0.378 e. The summed E-state index contributed by atoms with van der Waals surface area (Å²) in [7, 11) is 0. The monoisotopic (exact) mass is 308 g/mol. The van der Waals surface area contributed by atoms with Gasteiger partial charge in [0.25, 0.3) is 0 Å². The van der Waals surface area contributed by atoms with Crippen molar-refractivity contribution < 1.29 is 9.53 Å². The summed E-state index contributed by atoms with van der Waals surface area (Å²) >= 11 is 1.75. The largest absolute Gasteiger partial charge is 0.378 e. The highest BCUT2D eigenvalue weighted by atomic mass is 32.1. The smallest absolute Gasteiger partial charge is 0.228 e. The van der Waals surface area contributed by atoms with Crippen molar-refractivity contribution in [3.05, 3.63) is 22.4 Å². The van der Waals surface area contributed by atoms with Gasteiger partial charge in [0.1, 0.15) is 0 Å². The van der Waals surface area contributed by atoms with Crippen molar-refractivity contribution in [2.24, 2.45) is 5.92 Å². The zero-order valence-electron chi connectivity index (χ0n) is 12.8. The molecule has 2 aliphatic heterocycles. The van der Waals surface area contributed by atoms with Gasteiger partial charge in [-0.25, -0.2) is 0 Å². The van der Waals surface area contributed by atoms with Gasteiger partial charge in [-0.2, -0.15) is 11.3 Å². The summed E-state index contributed by atoms with van der Waals surface area (Å²) in [5, 5.41) is 4.35. The average Bonchev–Trinajstić information content (AvgIpc) is 3.17. The molecule has 0 saturated carbocycles. The number of piperazine rings is 1. The predicted molar refractivity (Wildman–Crippen MR) is 84.4 cm³/mol. The average molecular weight is 308 g/mol. The molecule has 2 aliphatic rings. The van der Waals surface area contributed by atoms with Gasteiger partial charge in [-0.1, -0.05) is 0 Å².